The number of nitrogens with one attached hydrogen (secondary N) is 2. The normalized spacial score (nSPS) is 11.5. The van der Waals surface area contributed by atoms with Crippen molar-refractivity contribution in [2.24, 2.45) is 0 Å². The van der Waals surface area contributed by atoms with Gasteiger partial charge in [0.1, 0.15) is 17.3 Å². The lowest BCUT2D eigenvalue weighted by Crippen LogP contribution is -2.38. The molecule has 0 spiro atoms. The number of rotatable bonds is 9. The molecule has 0 aliphatic carbocycles. The largest absolute Gasteiger partial charge is 0.491 e. The van der Waals surface area contributed by atoms with E-state index < -0.39 is 0 Å². The maximum absolute atomic E-state index is 12.1. The molecule has 2 rings (SSSR count). The number of amides is 1. The lowest BCUT2D eigenvalue weighted by molar-refractivity contribution is -0.122. The van der Waals surface area contributed by atoms with Gasteiger partial charge >= 0.3 is 0 Å². The molecule has 0 aliphatic heterocycles. The summed E-state index contributed by atoms with van der Waals surface area (Å²) in [5.74, 6) is 0.713. The third-order valence-electron chi connectivity index (χ3n) is 4.01. The minimum Gasteiger partial charge on any atom is -0.491 e. The van der Waals surface area contributed by atoms with E-state index in [4.69, 9.17) is 22.2 Å². The van der Waals surface area contributed by atoms with Crippen LogP contribution in [0.15, 0.2) is 54.6 Å². The van der Waals surface area contributed by atoms with Gasteiger partial charge in [-0.25, -0.2) is 0 Å². The number of hydrogen-bond donors (Lipinski definition) is 3. The maximum atomic E-state index is 12.1. The first-order chi connectivity index (χ1) is 12.6. The Bertz CT molecular complexity index is 705. The summed E-state index contributed by atoms with van der Waals surface area (Å²) < 4.78 is 5.75. The number of ether oxygens (including phenoxy) is 1. The molecule has 26 heavy (non-hydrogen) atoms. The molecule has 0 aromatic heterocycles. The second-order valence-electron chi connectivity index (χ2n) is 5.93. The zero-order valence-corrected chi connectivity index (χ0v) is 15.6. The highest BCUT2D eigenvalue weighted by atomic mass is 32.1. The van der Waals surface area contributed by atoms with Crippen LogP contribution in [-0.4, -0.2) is 28.8 Å². The monoisotopic (exact) mass is 372 g/mol. The van der Waals surface area contributed by atoms with E-state index in [0.29, 0.717) is 24.3 Å². The maximum Gasteiger partial charge on any atom is 0.220 e. The molecule has 1 amide bonds. The van der Waals surface area contributed by atoms with Crippen molar-refractivity contribution in [3.63, 3.8) is 0 Å². The van der Waals surface area contributed by atoms with Crippen LogP contribution >= 0.6 is 12.2 Å². The molecule has 0 heterocycles. The van der Waals surface area contributed by atoms with E-state index in [0.717, 1.165) is 18.4 Å². The minimum atomic E-state index is -0.0434. The predicted molar refractivity (Wildman–Crippen MR) is 106 cm³/mol. The molecule has 0 bridgehead atoms. The Hall–Kier alpha value is -2.44. The highest BCUT2D eigenvalue weighted by Gasteiger charge is 2.11. The van der Waals surface area contributed by atoms with E-state index in [1.54, 1.807) is 24.3 Å². The fraction of sp³-hybridized carbons (Fsp3) is 0.300. The zero-order chi connectivity index (χ0) is 18.8. The van der Waals surface area contributed by atoms with E-state index in [1.807, 2.05) is 42.7 Å². The molecule has 0 saturated heterocycles. The van der Waals surface area contributed by atoms with E-state index in [1.165, 1.54) is 0 Å². The molecule has 2 aromatic rings. The lowest BCUT2D eigenvalue weighted by atomic mass is 10.1. The van der Waals surface area contributed by atoms with Crippen LogP contribution in [0.3, 0.4) is 0 Å². The predicted octanol–water partition coefficient (Wildman–Crippen LogP) is 3.25. The van der Waals surface area contributed by atoms with Gasteiger partial charge in [0, 0.05) is 12.0 Å². The Morgan fingerprint density at radius 3 is 2.46 bits per heavy atom. The average Bonchev–Trinajstić information content (AvgIpc) is 2.70. The third kappa shape index (κ3) is 6.46. The van der Waals surface area contributed by atoms with Crippen molar-refractivity contribution in [3.05, 3.63) is 65.7 Å². The van der Waals surface area contributed by atoms with Gasteiger partial charge in [-0.3, -0.25) is 15.5 Å². The van der Waals surface area contributed by atoms with Gasteiger partial charge in [0.2, 0.25) is 5.91 Å². The van der Waals surface area contributed by atoms with Crippen molar-refractivity contribution in [2.75, 3.05) is 6.61 Å². The summed E-state index contributed by atoms with van der Waals surface area (Å²) in [5.41, 5.74) is 3.81. The number of carbonyl (C=O) groups excluding carboxylic acids is 1. The Balaban J connectivity index is 1.77. The van der Waals surface area contributed by atoms with E-state index in [-0.39, 0.29) is 16.9 Å². The first kappa shape index (κ1) is 19.9. The van der Waals surface area contributed by atoms with E-state index >= 15 is 0 Å². The van der Waals surface area contributed by atoms with Gasteiger partial charge in [0.15, 0.2) is 0 Å². The minimum absolute atomic E-state index is 0.0269. The van der Waals surface area contributed by atoms with Crippen molar-refractivity contribution in [1.82, 2.24) is 10.8 Å². The highest BCUT2D eigenvalue weighted by Crippen LogP contribution is 2.13. The number of hydroxylamine groups is 1. The molecule has 0 radical (unpaired) electrons. The molecule has 138 valence electrons. The van der Waals surface area contributed by atoms with Crippen LogP contribution in [0.5, 0.6) is 5.75 Å². The van der Waals surface area contributed by atoms with Crippen molar-refractivity contribution >= 4 is 23.1 Å². The number of benzene rings is 2. The van der Waals surface area contributed by atoms with Crippen LogP contribution < -0.4 is 15.5 Å². The molecule has 2 aromatic carbocycles. The molecular weight excluding hydrogens is 348 g/mol. The Morgan fingerprint density at radius 2 is 1.85 bits per heavy atom. The smallest absolute Gasteiger partial charge is 0.220 e. The lowest BCUT2D eigenvalue weighted by Gasteiger charge is -2.18. The van der Waals surface area contributed by atoms with Crippen LogP contribution in [-0.2, 0) is 11.2 Å². The van der Waals surface area contributed by atoms with Crippen LogP contribution in [0.1, 0.15) is 30.9 Å². The molecular formula is C20H24N2O3S. The zero-order valence-electron chi connectivity index (χ0n) is 14.8. The van der Waals surface area contributed by atoms with Gasteiger partial charge in [-0.05, 0) is 42.7 Å². The summed E-state index contributed by atoms with van der Waals surface area (Å²) in [5, 5.41) is 11.8. The van der Waals surface area contributed by atoms with Gasteiger partial charge in [-0.2, -0.15) is 0 Å². The number of thiocarbonyl (C=S) groups is 1. The second-order valence-corrected chi connectivity index (χ2v) is 6.34. The van der Waals surface area contributed by atoms with Crippen molar-refractivity contribution in [1.29, 1.82) is 0 Å². The molecule has 0 aliphatic rings. The SMILES string of the molecule is CC[C@@H](COc1ccc(C(=S)NO)cc1)NC(=O)CCc1ccccc1. The van der Waals surface area contributed by atoms with Crippen LogP contribution in [0.2, 0.25) is 0 Å². The van der Waals surface area contributed by atoms with Gasteiger partial charge in [0.25, 0.3) is 0 Å². The number of hydrogen-bond acceptors (Lipinski definition) is 4. The Kier molecular flexibility index (Phi) is 8.05. The standard InChI is InChI=1S/C20H24N2O3S/c1-2-17(21-19(23)13-8-15-6-4-3-5-7-15)14-25-18-11-9-16(10-12-18)20(26)22-24/h3-7,9-12,17,24H,2,8,13-14H2,1H3,(H,21,23)(H,22,26)/t17-/m0/s1. The number of aryl methyl sites for hydroxylation is 1. The van der Waals surface area contributed by atoms with Gasteiger partial charge in [0.05, 0.1) is 6.04 Å². The first-order valence-electron chi connectivity index (χ1n) is 8.63. The Labute approximate surface area is 159 Å². The van der Waals surface area contributed by atoms with E-state index in [2.05, 4.69) is 5.32 Å². The fourth-order valence-electron chi connectivity index (χ4n) is 2.43. The van der Waals surface area contributed by atoms with Crippen LogP contribution in [0, 0.1) is 0 Å². The average molecular weight is 372 g/mol. The molecule has 1 atom stereocenters. The molecule has 0 unspecified atom stereocenters. The van der Waals surface area contributed by atoms with Gasteiger partial charge in [-0.15, -0.1) is 0 Å². The first-order valence-corrected chi connectivity index (χ1v) is 9.03. The summed E-state index contributed by atoms with van der Waals surface area (Å²) >= 11 is 4.95. The summed E-state index contributed by atoms with van der Waals surface area (Å²) in [6, 6.07) is 17.0. The third-order valence-corrected chi connectivity index (χ3v) is 4.34. The van der Waals surface area contributed by atoms with E-state index in [9.17, 15) is 4.79 Å². The van der Waals surface area contributed by atoms with Crippen molar-refractivity contribution in [3.8, 4) is 5.75 Å². The molecule has 6 heteroatoms. The molecule has 5 nitrogen and oxygen atoms in total. The summed E-state index contributed by atoms with van der Waals surface area (Å²) in [6.45, 7) is 2.41. The van der Waals surface area contributed by atoms with Gasteiger partial charge in [-0.1, -0.05) is 49.5 Å². The highest BCUT2D eigenvalue weighted by molar-refractivity contribution is 7.80. The molecule has 0 saturated carbocycles. The quantitative estimate of drug-likeness (QED) is 0.466. The number of carbonyl (C=O) groups is 1. The fourth-order valence-corrected chi connectivity index (χ4v) is 2.56. The topological polar surface area (TPSA) is 70.6 Å². The Morgan fingerprint density at radius 1 is 1.15 bits per heavy atom. The molecule has 3 N–H and O–H groups in total. The second kappa shape index (κ2) is 10.5. The summed E-state index contributed by atoms with van der Waals surface area (Å²) in [7, 11) is 0. The summed E-state index contributed by atoms with van der Waals surface area (Å²) in [4.78, 5) is 12.4. The van der Waals surface area contributed by atoms with Gasteiger partial charge < -0.3 is 10.1 Å². The van der Waals surface area contributed by atoms with Crippen LogP contribution in [0.4, 0.5) is 0 Å². The van der Waals surface area contributed by atoms with Crippen molar-refractivity contribution < 1.29 is 14.7 Å². The van der Waals surface area contributed by atoms with Crippen molar-refractivity contribution in [2.45, 2.75) is 32.2 Å². The van der Waals surface area contributed by atoms with Crippen LogP contribution in [0.25, 0.3) is 0 Å². The summed E-state index contributed by atoms with van der Waals surface area (Å²) in [6.07, 6.45) is 1.97. The molecule has 0 fully saturated rings.